The van der Waals surface area contributed by atoms with Crippen LogP contribution < -0.4 is 5.32 Å². The number of hydrogen-bond acceptors (Lipinski definition) is 5. The minimum atomic E-state index is -0.286. The van der Waals surface area contributed by atoms with Crippen molar-refractivity contribution in [2.75, 3.05) is 0 Å². The Bertz CT molecular complexity index is 811. The predicted molar refractivity (Wildman–Crippen MR) is 102 cm³/mol. The number of rotatable bonds is 3. The van der Waals surface area contributed by atoms with E-state index in [0.717, 1.165) is 60.4 Å². The molecule has 1 saturated carbocycles. The third-order valence-electron chi connectivity index (χ3n) is 5.62. The molecule has 5 heteroatoms. The van der Waals surface area contributed by atoms with Crippen molar-refractivity contribution in [3.63, 3.8) is 0 Å². The number of ketones is 1. The fourth-order valence-electron chi connectivity index (χ4n) is 4.37. The summed E-state index contributed by atoms with van der Waals surface area (Å²) in [6, 6.07) is 4.11. The fourth-order valence-corrected chi connectivity index (χ4v) is 5.37. The maximum Gasteiger partial charge on any atom is 0.337 e. The van der Waals surface area contributed by atoms with E-state index in [-0.39, 0.29) is 23.8 Å². The highest BCUT2D eigenvalue weighted by Crippen LogP contribution is 2.44. The molecule has 0 aromatic carbocycles. The van der Waals surface area contributed by atoms with Crippen molar-refractivity contribution in [3.05, 3.63) is 44.4 Å². The summed E-state index contributed by atoms with van der Waals surface area (Å²) in [6.45, 7) is 3.99. The van der Waals surface area contributed by atoms with Crippen molar-refractivity contribution >= 4 is 23.1 Å². The van der Waals surface area contributed by atoms with Gasteiger partial charge in [0.2, 0.25) is 0 Å². The Balaban J connectivity index is 1.74. The number of ether oxygens (including phenoxy) is 1. The molecule has 4 nitrogen and oxygen atoms in total. The molecular formula is C21H25NO3S. The lowest BCUT2D eigenvalue weighted by Gasteiger charge is -2.33. The number of allylic oxidation sites excluding steroid dienone is 3. The topological polar surface area (TPSA) is 55.4 Å². The van der Waals surface area contributed by atoms with Gasteiger partial charge in [0, 0.05) is 33.1 Å². The molecule has 3 aliphatic rings. The van der Waals surface area contributed by atoms with E-state index in [1.54, 1.807) is 11.3 Å². The molecule has 138 valence electrons. The Morgan fingerprint density at radius 2 is 1.92 bits per heavy atom. The summed E-state index contributed by atoms with van der Waals surface area (Å²) >= 11 is 1.66. The van der Waals surface area contributed by atoms with Crippen molar-refractivity contribution in [2.45, 2.75) is 70.8 Å². The molecule has 1 fully saturated rings. The first-order valence-electron chi connectivity index (χ1n) is 9.56. The minimum Gasteiger partial charge on any atom is -0.459 e. The Kier molecular flexibility index (Phi) is 4.74. The van der Waals surface area contributed by atoms with Crippen LogP contribution in [0.15, 0.2) is 34.7 Å². The number of thiophene rings is 1. The van der Waals surface area contributed by atoms with Gasteiger partial charge in [0.05, 0.1) is 11.5 Å². The van der Waals surface area contributed by atoms with Gasteiger partial charge < -0.3 is 10.1 Å². The van der Waals surface area contributed by atoms with Crippen molar-refractivity contribution < 1.29 is 14.3 Å². The summed E-state index contributed by atoms with van der Waals surface area (Å²) in [4.78, 5) is 28.1. The Labute approximate surface area is 158 Å². The zero-order valence-electron chi connectivity index (χ0n) is 15.4. The summed E-state index contributed by atoms with van der Waals surface area (Å²) in [5.41, 5.74) is 3.22. The SMILES string of the molecule is CC1=C(C(=O)OC2CCCC2)[C@@H](c2ccc(C)s2)C2=C(CCCC2=O)N1. The standard InChI is InChI=1S/C21H25NO3S/c1-12-10-11-17(26-12)20-18(21(24)25-14-6-3-4-7-14)13(2)22-15-8-5-9-16(23)19(15)20/h10-11,14,20,22H,3-9H2,1-2H3/t20-/m1/s1. The third kappa shape index (κ3) is 3.13. The third-order valence-corrected chi connectivity index (χ3v) is 6.68. The number of Topliss-reactive ketones (excluding diaryl/α,β-unsaturated/α-hetero) is 1. The number of aryl methyl sites for hydroxylation is 1. The van der Waals surface area contributed by atoms with Gasteiger partial charge in [0.1, 0.15) is 6.10 Å². The number of dihydropyridines is 1. The van der Waals surface area contributed by atoms with Crippen LogP contribution in [0.5, 0.6) is 0 Å². The molecule has 0 radical (unpaired) electrons. The van der Waals surface area contributed by atoms with Crippen LogP contribution in [0, 0.1) is 6.92 Å². The minimum absolute atomic E-state index is 0.0194. The van der Waals surface area contributed by atoms with Crippen LogP contribution in [-0.2, 0) is 14.3 Å². The average Bonchev–Trinajstić information content (AvgIpc) is 3.25. The largest absolute Gasteiger partial charge is 0.459 e. The van der Waals surface area contributed by atoms with Crippen LogP contribution in [0.3, 0.4) is 0 Å². The van der Waals surface area contributed by atoms with Crippen LogP contribution in [-0.4, -0.2) is 17.9 Å². The maximum atomic E-state index is 13.1. The van der Waals surface area contributed by atoms with Gasteiger partial charge in [-0.3, -0.25) is 4.79 Å². The molecule has 0 saturated heterocycles. The molecule has 1 aromatic heterocycles. The van der Waals surface area contributed by atoms with E-state index in [9.17, 15) is 9.59 Å². The van der Waals surface area contributed by atoms with E-state index in [1.807, 2.05) is 6.92 Å². The second-order valence-corrected chi connectivity index (χ2v) is 8.85. The number of hydrogen-bond donors (Lipinski definition) is 1. The van der Waals surface area contributed by atoms with Crippen LogP contribution in [0.1, 0.15) is 67.5 Å². The van der Waals surface area contributed by atoms with Crippen molar-refractivity contribution in [3.8, 4) is 0 Å². The lowest BCUT2D eigenvalue weighted by Crippen LogP contribution is -2.34. The molecule has 1 aromatic rings. The highest BCUT2D eigenvalue weighted by Gasteiger charge is 2.40. The normalized spacial score (nSPS) is 23.9. The van der Waals surface area contributed by atoms with Crippen LogP contribution in [0.4, 0.5) is 0 Å². The molecule has 1 N–H and O–H groups in total. The first-order valence-corrected chi connectivity index (χ1v) is 10.4. The fraction of sp³-hybridized carbons (Fsp3) is 0.524. The molecule has 1 atom stereocenters. The Morgan fingerprint density at radius 3 is 2.62 bits per heavy atom. The smallest absolute Gasteiger partial charge is 0.337 e. The van der Waals surface area contributed by atoms with Gasteiger partial charge in [0.15, 0.2) is 5.78 Å². The average molecular weight is 372 g/mol. The monoisotopic (exact) mass is 371 g/mol. The maximum absolute atomic E-state index is 13.1. The van der Waals surface area contributed by atoms with Crippen molar-refractivity contribution in [1.82, 2.24) is 5.32 Å². The molecule has 26 heavy (non-hydrogen) atoms. The summed E-state index contributed by atoms with van der Waals surface area (Å²) in [5.74, 6) is -0.386. The first-order chi connectivity index (χ1) is 12.5. The molecule has 0 unspecified atom stereocenters. The van der Waals surface area contributed by atoms with Gasteiger partial charge in [-0.1, -0.05) is 0 Å². The number of esters is 1. The molecule has 1 aliphatic heterocycles. The number of carbonyl (C=O) groups excluding carboxylic acids is 2. The van der Waals surface area contributed by atoms with Crippen LogP contribution in [0.2, 0.25) is 0 Å². The van der Waals surface area contributed by atoms with Gasteiger partial charge in [0.25, 0.3) is 0 Å². The van der Waals surface area contributed by atoms with Gasteiger partial charge in [-0.15, -0.1) is 11.3 Å². The van der Waals surface area contributed by atoms with E-state index in [4.69, 9.17) is 4.74 Å². The second-order valence-electron chi connectivity index (χ2n) is 7.53. The van der Waals surface area contributed by atoms with Gasteiger partial charge in [-0.2, -0.15) is 0 Å². The van der Waals surface area contributed by atoms with Crippen LogP contribution >= 0.6 is 11.3 Å². The molecule has 0 amide bonds. The highest BCUT2D eigenvalue weighted by atomic mass is 32.1. The zero-order valence-corrected chi connectivity index (χ0v) is 16.2. The Hall–Kier alpha value is -1.88. The van der Waals surface area contributed by atoms with Gasteiger partial charge >= 0.3 is 5.97 Å². The lowest BCUT2D eigenvalue weighted by atomic mass is 9.78. The number of carbonyl (C=O) groups is 2. The quantitative estimate of drug-likeness (QED) is 0.794. The van der Waals surface area contributed by atoms with E-state index in [0.29, 0.717) is 12.0 Å². The van der Waals surface area contributed by atoms with E-state index >= 15 is 0 Å². The summed E-state index contributed by atoms with van der Waals surface area (Å²) in [7, 11) is 0. The molecular weight excluding hydrogens is 346 g/mol. The molecule has 2 aliphatic carbocycles. The zero-order chi connectivity index (χ0) is 18.3. The lowest BCUT2D eigenvalue weighted by molar-refractivity contribution is -0.144. The summed E-state index contributed by atoms with van der Waals surface area (Å²) < 4.78 is 5.83. The summed E-state index contributed by atoms with van der Waals surface area (Å²) in [5, 5.41) is 3.35. The Morgan fingerprint density at radius 1 is 1.15 bits per heavy atom. The van der Waals surface area contributed by atoms with Gasteiger partial charge in [-0.05, 0) is 64.5 Å². The molecule has 0 spiro atoms. The van der Waals surface area contributed by atoms with Crippen LogP contribution in [0.25, 0.3) is 0 Å². The molecule has 4 rings (SSSR count). The van der Waals surface area contributed by atoms with E-state index in [1.165, 1.54) is 4.88 Å². The first kappa shape index (κ1) is 17.5. The second kappa shape index (κ2) is 7.03. The van der Waals surface area contributed by atoms with Gasteiger partial charge in [-0.25, -0.2) is 4.79 Å². The highest BCUT2D eigenvalue weighted by molar-refractivity contribution is 7.12. The van der Waals surface area contributed by atoms with Crippen molar-refractivity contribution in [2.24, 2.45) is 0 Å². The summed E-state index contributed by atoms with van der Waals surface area (Å²) in [6.07, 6.45) is 6.45. The van der Waals surface area contributed by atoms with Crippen molar-refractivity contribution in [1.29, 1.82) is 0 Å². The van der Waals surface area contributed by atoms with E-state index < -0.39 is 0 Å². The van der Waals surface area contributed by atoms with E-state index in [2.05, 4.69) is 24.4 Å². The predicted octanol–water partition coefficient (Wildman–Crippen LogP) is 4.51. The number of nitrogens with one attached hydrogen (secondary N) is 1. The molecule has 0 bridgehead atoms. The molecule has 2 heterocycles.